The van der Waals surface area contributed by atoms with Crippen LogP contribution in [0.5, 0.6) is 0 Å². The van der Waals surface area contributed by atoms with Crippen LogP contribution in [0.25, 0.3) is 17.2 Å². The van der Waals surface area contributed by atoms with Crippen molar-refractivity contribution in [1.82, 2.24) is 29.8 Å². The number of nitrogens with one attached hydrogen (secondary N) is 2. The summed E-state index contributed by atoms with van der Waals surface area (Å²) in [6.07, 6.45) is 1.54. The number of carbonyl (C=O) groups is 3. The van der Waals surface area contributed by atoms with E-state index in [1.165, 1.54) is 10.8 Å². The number of aromatic nitrogens is 3. The van der Waals surface area contributed by atoms with Gasteiger partial charge in [-0.1, -0.05) is 44.6 Å². The van der Waals surface area contributed by atoms with Crippen LogP contribution in [0.4, 0.5) is 0 Å². The second kappa shape index (κ2) is 15.0. The van der Waals surface area contributed by atoms with Crippen LogP contribution in [0, 0.1) is 11.8 Å². The summed E-state index contributed by atoms with van der Waals surface area (Å²) in [5.41, 5.74) is -1.96. The Hall–Kier alpha value is -5.01. The maximum Gasteiger partial charge on any atom is 0.365 e. The fourth-order valence-electron chi connectivity index (χ4n) is 5.64. The van der Waals surface area contributed by atoms with Crippen molar-refractivity contribution < 1.29 is 33.5 Å². The molecule has 0 spiro atoms. The number of hydrogen-bond acceptors (Lipinski definition) is 10. The van der Waals surface area contributed by atoms with Gasteiger partial charge in [0.1, 0.15) is 35.7 Å². The lowest BCUT2D eigenvalue weighted by Gasteiger charge is -2.32. The Balaban J connectivity index is 1.51. The van der Waals surface area contributed by atoms with Crippen molar-refractivity contribution in [1.29, 1.82) is 0 Å². The molecule has 264 valence electrons. The van der Waals surface area contributed by atoms with E-state index in [-0.39, 0.29) is 23.9 Å². The summed E-state index contributed by atoms with van der Waals surface area (Å²) in [7, 11) is 0. The van der Waals surface area contributed by atoms with Gasteiger partial charge in [-0.2, -0.15) is 0 Å². The number of rotatable bonds is 12. The first-order valence-corrected chi connectivity index (χ1v) is 16.2. The minimum atomic E-state index is -1.25. The molecule has 1 aliphatic rings. The molecule has 4 atom stereocenters. The maximum absolute atomic E-state index is 13.9. The van der Waals surface area contributed by atoms with E-state index < -0.39 is 71.3 Å². The predicted molar refractivity (Wildman–Crippen MR) is 179 cm³/mol. The summed E-state index contributed by atoms with van der Waals surface area (Å²) in [6, 6.07) is 4.37. The van der Waals surface area contributed by atoms with Gasteiger partial charge in [0.2, 0.25) is 23.6 Å². The summed E-state index contributed by atoms with van der Waals surface area (Å²) in [4.78, 5) is 89.0. The molecule has 0 bridgehead atoms. The Labute approximate surface area is 282 Å². The Bertz CT molecular complexity index is 1830. The standard InChI is InChI=1S/C34H44N6O9/c1-19(2)26(28(43)30-35-22-11-8-9-13-24(22)48-30)37-29(44)23-12-10-15-39(23)32(46)27(20(3)4)36-25(42)18-38-17-21(14-16-41)31(45)40(33(38)47)49-34(5,6)7/h8-9,11,13-14,17,19-20,23,26-28,43H,10,12,15,18H2,1-7H3,(H,36,42)(H,37,44)/t23-,26-,27-,28?/m0/s1. The molecular formula is C34H44N6O9. The topological polar surface area (TPSA) is 195 Å². The molecule has 0 aliphatic carbocycles. The number of likely N-dealkylation sites (tertiary alicyclic amines) is 1. The number of fused-ring (bicyclic) bond motifs is 1. The van der Waals surface area contributed by atoms with Crippen molar-refractivity contribution in [3.63, 3.8) is 0 Å². The van der Waals surface area contributed by atoms with E-state index in [0.29, 0.717) is 28.7 Å². The van der Waals surface area contributed by atoms with Crippen molar-refractivity contribution in [2.45, 2.75) is 97.7 Å². The quantitative estimate of drug-likeness (QED) is 0.234. The SMILES string of the molecule is CC(C)[C@H](NC(=O)[C@@H]1CCCN1C(=O)[C@@H](NC(=O)Cn1cc(C=C=O)c(=O)n(OC(C)(C)C)c1=O)C(C)C)C(O)c1nc2ccccc2o1. The van der Waals surface area contributed by atoms with Crippen molar-refractivity contribution in [3.05, 3.63) is 62.8 Å². The van der Waals surface area contributed by atoms with E-state index in [4.69, 9.17) is 9.25 Å². The van der Waals surface area contributed by atoms with Crippen molar-refractivity contribution >= 4 is 40.8 Å². The predicted octanol–water partition coefficient (Wildman–Crippen LogP) is 1.23. The smallest absolute Gasteiger partial charge is 0.365 e. The van der Waals surface area contributed by atoms with Crippen LogP contribution in [0.2, 0.25) is 0 Å². The molecule has 1 aromatic carbocycles. The van der Waals surface area contributed by atoms with Gasteiger partial charge in [0.15, 0.2) is 11.7 Å². The van der Waals surface area contributed by atoms with Crippen LogP contribution in [0.3, 0.4) is 0 Å². The average molecular weight is 681 g/mol. The third kappa shape index (κ3) is 8.54. The molecule has 15 heteroatoms. The molecule has 1 unspecified atom stereocenters. The molecule has 1 aliphatic heterocycles. The van der Waals surface area contributed by atoms with Gasteiger partial charge in [-0.05, 0) is 57.6 Å². The monoisotopic (exact) mass is 680 g/mol. The van der Waals surface area contributed by atoms with Crippen molar-refractivity contribution in [3.8, 4) is 0 Å². The summed E-state index contributed by atoms with van der Waals surface area (Å²) in [6.45, 7) is 11.7. The van der Waals surface area contributed by atoms with Crippen LogP contribution < -0.4 is 26.7 Å². The normalized spacial score (nSPS) is 16.7. The first-order chi connectivity index (χ1) is 23.0. The van der Waals surface area contributed by atoms with Crippen molar-refractivity contribution in [2.75, 3.05) is 6.54 Å². The van der Waals surface area contributed by atoms with Gasteiger partial charge in [-0.25, -0.2) is 14.6 Å². The van der Waals surface area contributed by atoms with Gasteiger partial charge >= 0.3 is 5.69 Å². The van der Waals surface area contributed by atoms with E-state index in [1.807, 2.05) is 13.8 Å². The number of para-hydroxylation sites is 2. The summed E-state index contributed by atoms with van der Waals surface area (Å²) in [5.74, 6) is -0.746. The zero-order chi connectivity index (χ0) is 36.2. The second-order valence-electron chi connectivity index (χ2n) is 13.8. The van der Waals surface area contributed by atoms with Crippen LogP contribution in [0.15, 0.2) is 44.5 Å². The average Bonchev–Trinajstić information content (AvgIpc) is 3.70. The van der Waals surface area contributed by atoms with Gasteiger partial charge in [0, 0.05) is 18.8 Å². The fraction of sp³-hybridized carbons (Fsp3) is 0.529. The third-order valence-electron chi connectivity index (χ3n) is 8.06. The molecule has 0 saturated carbocycles. The molecule has 3 heterocycles. The number of hydrogen-bond donors (Lipinski definition) is 3. The van der Waals surface area contributed by atoms with Gasteiger partial charge in [-0.3, -0.25) is 23.7 Å². The fourth-order valence-corrected chi connectivity index (χ4v) is 5.64. The molecule has 3 N–H and O–H groups in total. The minimum absolute atomic E-state index is 0.0657. The highest BCUT2D eigenvalue weighted by Crippen LogP contribution is 2.27. The first-order valence-electron chi connectivity index (χ1n) is 16.2. The number of aliphatic hydroxyl groups is 1. The highest BCUT2D eigenvalue weighted by atomic mass is 16.7. The van der Waals surface area contributed by atoms with E-state index in [9.17, 15) is 33.9 Å². The molecule has 2 aromatic heterocycles. The van der Waals surface area contributed by atoms with E-state index >= 15 is 0 Å². The lowest BCUT2D eigenvalue weighted by Crippen LogP contribution is -2.57. The highest BCUT2D eigenvalue weighted by Gasteiger charge is 2.40. The van der Waals surface area contributed by atoms with Gasteiger partial charge < -0.3 is 29.9 Å². The molecule has 3 amide bonds. The number of oxazole rings is 1. The molecule has 0 radical (unpaired) electrons. The van der Waals surface area contributed by atoms with E-state index in [0.717, 1.165) is 16.8 Å². The van der Waals surface area contributed by atoms with Crippen LogP contribution in [-0.4, -0.2) is 78.2 Å². The van der Waals surface area contributed by atoms with Gasteiger partial charge in [0.25, 0.3) is 5.56 Å². The number of aliphatic hydroxyl groups excluding tert-OH is 1. The Morgan fingerprint density at radius 2 is 1.82 bits per heavy atom. The molecule has 49 heavy (non-hydrogen) atoms. The van der Waals surface area contributed by atoms with Gasteiger partial charge in [-0.15, -0.1) is 0 Å². The van der Waals surface area contributed by atoms with Gasteiger partial charge in [0.05, 0.1) is 11.6 Å². The van der Waals surface area contributed by atoms with Crippen molar-refractivity contribution in [2.24, 2.45) is 11.8 Å². The third-order valence-corrected chi connectivity index (χ3v) is 8.06. The molecule has 3 aromatic rings. The largest absolute Gasteiger partial charge is 0.438 e. The number of amides is 3. The van der Waals surface area contributed by atoms with Crippen LogP contribution in [0.1, 0.15) is 78.9 Å². The van der Waals surface area contributed by atoms with E-state index in [1.54, 1.807) is 58.9 Å². The summed E-state index contributed by atoms with van der Waals surface area (Å²) < 4.78 is 7.11. The molecule has 1 saturated heterocycles. The van der Waals surface area contributed by atoms with E-state index in [2.05, 4.69) is 15.6 Å². The Morgan fingerprint density at radius 1 is 1.12 bits per heavy atom. The number of nitrogens with zero attached hydrogens (tertiary/aromatic N) is 4. The Kier molecular flexibility index (Phi) is 11.3. The highest BCUT2D eigenvalue weighted by molar-refractivity contribution is 5.93. The molecule has 4 rings (SSSR count). The second-order valence-corrected chi connectivity index (χ2v) is 13.8. The molecule has 15 nitrogen and oxygen atoms in total. The zero-order valence-corrected chi connectivity index (χ0v) is 28.8. The number of benzene rings is 1. The van der Waals surface area contributed by atoms with Crippen LogP contribution >= 0.6 is 0 Å². The lowest BCUT2D eigenvalue weighted by molar-refractivity contribution is -0.143. The summed E-state index contributed by atoms with van der Waals surface area (Å²) in [5, 5.41) is 16.8. The van der Waals surface area contributed by atoms with Crippen LogP contribution in [-0.2, 0) is 25.7 Å². The molecule has 1 fully saturated rings. The number of carbonyl (C=O) groups excluding carboxylic acids is 4. The zero-order valence-electron chi connectivity index (χ0n) is 28.8. The maximum atomic E-state index is 13.9. The Morgan fingerprint density at radius 3 is 2.43 bits per heavy atom. The minimum Gasteiger partial charge on any atom is -0.438 e. The molecular weight excluding hydrogens is 636 g/mol. The lowest BCUT2D eigenvalue weighted by atomic mass is 9.97. The summed E-state index contributed by atoms with van der Waals surface area (Å²) >= 11 is 0. The first kappa shape index (κ1) is 36.8.